The van der Waals surface area contributed by atoms with Gasteiger partial charge in [0.15, 0.2) is 6.10 Å². The van der Waals surface area contributed by atoms with Crippen LogP contribution in [0.2, 0.25) is 0 Å². The van der Waals surface area contributed by atoms with Gasteiger partial charge < -0.3 is 10.1 Å². The Bertz CT molecular complexity index is 964. The Kier molecular flexibility index (Phi) is 5.64. The highest BCUT2D eigenvalue weighted by atomic mass is 32.2. The normalized spacial score (nSPS) is 14.9. The Hall–Kier alpha value is -2.23. The highest BCUT2D eigenvalue weighted by Gasteiger charge is 2.24. The Balaban J connectivity index is 1.62. The van der Waals surface area contributed by atoms with E-state index < -0.39 is 28.0 Å². The molecule has 7 nitrogen and oxygen atoms in total. The van der Waals surface area contributed by atoms with Crippen LogP contribution < -0.4 is 10.5 Å². The summed E-state index contributed by atoms with van der Waals surface area (Å²) in [6, 6.07) is 5.42. The number of carbonyl (C=O) groups is 2. The lowest BCUT2D eigenvalue weighted by Gasteiger charge is -2.15. The zero-order chi connectivity index (χ0) is 19.6. The number of amides is 1. The maximum atomic E-state index is 12.4. The van der Waals surface area contributed by atoms with Crippen molar-refractivity contribution in [2.24, 2.45) is 5.14 Å². The number of esters is 1. The molecule has 0 bridgehead atoms. The average molecular weight is 409 g/mol. The standard InChI is InChI=1S/C18H20N2O5S2/c1-11(17(21)20-12-6-8-13(9-7-12)27(19,23)24)25-18(22)15-10-26-16-5-3-2-4-14(15)16/h6-11H,2-5H2,1H3,(H,20,21)(H2,19,23,24). The van der Waals surface area contributed by atoms with Gasteiger partial charge in [-0.3, -0.25) is 4.79 Å². The summed E-state index contributed by atoms with van der Waals surface area (Å²) in [7, 11) is -3.79. The van der Waals surface area contributed by atoms with Crippen molar-refractivity contribution < 1.29 is 22.7 Å². The zero-order valence-corrected chi connectivity index (χ0v) is 16.4. The van der Waals surface area contributed by atoms with Crippen LogP contribution in [0.1, 0.15) is 40.6 Å². The van der Waals surface area contributed by atoms with Gasteiger partial charge in [-0.25, -0.2) is 18.4 Å². The van der Waals surface area contributed by atoms with Gasteiger partial charge >= 0.3 is 5.97 Å². The van der Waals surface area contributed by atoms with Gasteiger partial charge in [0.2, 0.25) is 10.0 Å². The van der Waals surface area contributed by atoms with Crippen LogP contribution in [-0.2, 0) is 32.4 Å². The van der Waals surface area contributed by atoms with Crippen LogP contribution in [0.3, 0.4) is 0 Å². The van der Waals surface area contributed by atoms with Crippen molar-refractivity contribution in [1.82, 2.24) is 0 Å². The minimum Gasteiger partial charge on any atom is -0.449 e. The van der Waals surface area contributed by atoms with Crippen LogP contribution in [0.15, 0.2) is 34.5 Å². The largest absolute Gasteiger partial charge is 0.449 e. The van der Waals surface area contributed by atoms with Gasteiger partial charge in [-0.15, -0.1) is 11.3 Å². The second-order valence-corrected chi connectivity index (χ2v) is 8.89. The molecule has 9 heteroatoms. The first kappa shape index (κ1) is 19.5. The lowest BCUT2D eigenvalue weighted by molar-refractivity contribution is -0.123. The monoisotopic (exact) mass is 408 g/mol. The number of nitrogens with two attached hydrogens (primary N) is 1. The smallest absolute Gasteiger partial charge is 0.340 e. The molecule has 3 N–H and O–H groups in total. The number of sulfonamides is 1. The highest BCUT2D eigenvalue weighted by Crippen LogP contribution is 2.30. The third-order valence-corrected chi connectivity index (χ3v) is 6.40. The zero-order valence-electron chi connectivity index (χ0n) is 14.7. The van der Waals surface area contributed by atoms with Gasteiger partial charge in [-0.05, 0) is 62.4 Å². The Labute approximate surface area is 161 Å². The van der Waals surface area contributed by atoms with Crippen molar-refractivity contribution >= 4 is 38.9 Å². The van der Waals surface area contributed by atoms with Crippen molar-refractivity contribution in [3.8, 4) is 0 Å². The molecule has 0 aliphatic heterocycles. The summed E-state index contributed by atoms with van der Waals surface area (Å²) in [4.78, 5) is 25.9. The quantitative estimate of drug-likeness (QED) is 0.738. The van der Waals surface area contributed by atoms with Crippen molar-refractivity contribution in [2.45, 2.75) is 43.6 Å². The molecule has 1 aliphatic carbocycles. The van der Waals surface area contributed by atoms with Gasteiger partial charge in [0, 0.05) is 15.9 Å². The van der Waals surface area contributed by atoms with Gasteiger partial charge in [0.25, 0.3) is 5.91 Å². The second-order valence-electron chi connectivity index (χ2n) is 6.36. The number of aryl methyl sites for hydroxylation is 1. The molecule has 0 spiro atoms. The van der Waals surface area contributed by atoms with E-state index in [0.717, 1.165) is 31.2 Å². The summed E-state index contributed by atoms with van der Waals surface area (Å²) >= 11 is 1.56. The van der Waals surface area contributed by atoms with E-state index in [1.807, 2.05) is 0 Å². The predicted octanol–water partition coefficient (Wildman–Crippen LogP) is 2.46. The lowest BCUT2D eigenvalue weighted by atomic mass is 9.96. The van der Waals surface area contributed by atoms with E-state index in [1.54, 1.807) is 16.7 Å². The predicted molar refractivity (Wildman–Crippen MR) is 102 cm³/mol. The maximum absolute atomic E-state index is 12.4. The molecule has 1 aromatic carbocycles. The van der Waals surface area contributed by atoms with E-state index >= 15 is 0 Å². The van der Waals surface area contributed by atoms with Gasteiger partial charge in [0.05, 0.1) is 10.5 Å². The first-order chi connectivity index (χ1) is 12.8. The SMILES string of the molecule is CC(OC(=O)c1csc2c1CCCC2)C(=O)Nc1ccc(S(N)(=O)=O)cc1. The maximum Gasteiger partial charge on any atom is 0.340 e. The summed E-state index contributed by atoms with van der Waals surface area (Å²) in [5, 5.41) is 9.42. The second kappa shape index (κ2) is 7.79. The molecule has 1 heterocycles. The van der Waals surface area contributed by atoms with Crippen molar-refractivity contribution in [3.05, 3.63) is 45.6 Å². The molecule has 1 atom stereocenters. The summed E-state index contributed by atoms with van der Waals surface area (Å²) in [5.41, 5.74) is 1.97. The molecule has 1 unspecified atom stereocenters. The molecular weight excluding hydrogens is 388 g/mol. The summed E-state index contributed by atoms with van der Waals surface area (Å²) in [6.45, 7) is 1.49. The number of rotatable bonds is 5. The molecule has 2 aromatic rings. The summed E-state index contributed by atoms with van der Waals surface area (Å²) < 4.78 is 27.8. The molecule has 0 saturated carbocycles. The first-order valence-electron chi connectivity index (χ1n) is 8.49. The van der Waals surface area contributed by atoms with Crippen LogP contribution in [0, 0.1) is 0 Å². The number of thiophene rings is 1. The number of hydrogen-bond donors (Lipinski definition) is 2. The van der Waals surface area contributed by atoms with Crippen LogP contribution in [0.5, 0.6) is 0 Å². The van der Waals surface area contributed by atoms with Crippen LogP contribution in [0.4, 0.5) is 5.69 Å². The first-order valence-corrected chi connectivity index (χ1v) is 10.9. The van der Waals surface area contributed by atoms with Crippen molar-refractivity contribution in [3.63, 3.8) is 0 Å². The molecule has 0 saturated heterocycles. The van der Waals surface area contributed by atoms with E-state index in [9.17, 15) is 18.0 Å². The third kappa shape index (κ3) is 4.55. The fourth-order valence-corrected chi connectivity index (χ4v) is 4.54. The molecule has 144 valence electrons. The van der Waals surface area contributed by atoms with E-state index in [1.165, 1.54) is 36.1 Å². The Morgan fingerprint density at radius 2 is 1.85 bits per heavy atom. The molecule has 1 aliphatic rings. The number of hydrogen-bond acceptors (Lipinski definition) is 6. The van der Waals surface area contributed by atoms with Crippen LogP contribution in [-0.4, -0.2) is 26.4 Å². The van der Waals surface area contributed by atoms with Gasteiger partial charge in [-0.2, -0.15) is 0 Å². The Morgan fingerprint density at radius 1 is 1.19 bits per heavy atom. The third-order valence-electron chi connectivity index (χ3n) is 4.38. The number of primary sulfonamides is 1. The number of carbonyl (C=O) groups excluding carboxylic acids is 2. The fourth-order valence-electron chi connectivity index (χ4n) is 2.91. The van der Waals surface area contributed by atoms with E-state index in [2.05, 4.69) is 5.32 Å². The molecule has 0 radical (unpaired) electrons. The van der Waals surface area contributed by atoms with Crippen molar-refractivity contribution in [1.29, 1.82) is 0 Å². The molecule has 0 fully saturated rings. The summed E-state index contributed by atoms with van der Waals surface area (Å²) in [6.07, 6.45) is 3.03. The lowest BCUT2D eigenvalue weighted by Crippen LogP contribution is -2.30. The van der Waals surface area contributed by atoms with Crippen LogP contribution >= 0.6 is 11.3 Å². The van der Waals surface area contributed by atoms with Gasteiger partial charge in [0.1, 0.15) is 0 Å². The van der Waals surface area contributed by atoms with E-state index in [4.69, 9.17) is 9.88 Å². The summed E-state index contributed by atoms with van der Waals surface area (Å²) in [5.74, 6) is -1.00. The minimum absolute atomic E-state index is 0.0535. The molecule has 3 rings (SSSR count). The minimum atomic E-state index is -3.79. The van der Waals surface area contributed by atoms with E-state index in [-0.39, 0.29) is 4.90 Å². The molecule has 1 amide bonds. The average Bonchev–Trinajstić information content (AvgIpc) is 3.05. The Morgan fingerprint density at radius 3 is 2.52 bits per heavy atom. The molecule has 1 aromatic heterocycles. The number of fused-ring (bicyclic) bond motifs is 1. The van der Waals surface area contributed by atoms with Crippen LogP contribution in [0.25, 0.3) is 0 Å². The number of ether oxygens (including phenoxy) is 1. The van der Waals surface area contributed by atoms with E-state index in [0.29, 0.717) is 11.3 Å². The number of anilines is 1. The topological polar surface area (TPSA) is 116 Å². The molecular formula is C18H20N2O5S2. The highest BCUT2D eigenvalue weighted by molar-refractivity contribution is 7.89. The number of benzene rings is 1. The fraction of sp³-hybridized carbons (Fsp3) is 0.333. The van der Waals surface area contributed by atoms with Crippen molar-refractivity contribution in [2.75, 3.05) is 5.32 Å². The molecule has 27 heavy (non-hydrogen) atoms. The number of nitrogens with one attached hydrogen (secondary N) is 1. The van der Waals surface area contributed by atoms with Gasteiger partial charge in [-0.1, -0.05) is 0 Å².